The summed E-state index contributed by atoms with van der Waals surface area (Å²) >= 11 is 0. The molecule has 26 heteroatoms. The summed E-state index contributed by atoms with van der Waals surface area (Å²) in [4.78, 5) is 149. The molecule has 0 spiro atoms. The number of carbonyl (C=O) groups excluding carboxylic acids is 11. The zero-order valence-electron chi connectivity index (χ0n) is 41.6. The number of guanidine groups is 1. The molecule has 1 fully saturated rings. The van der Waals surface area contributed by atoms with Crippen LogP contribution in [0.1, 0.15) is 119 Å². The molecule has 396 valence electrons. The maximum absolute atomic E-state index is 14.2. The molecule has 1 aliphatic heterocycles. The predicted octanol–water partition coefficient (Wildman–Crippen LogP) is -4.38. The fraction of sp³-hybridized carbons (Fsp3) is 0.727. The Morgan fingerprint density at radius 1 is 0.657 bits per heavy atom. The highest BCUT2D eigenvalue weighted by atomic mass is 16.3. The van der Waals surface area contributed by atoms with E-state index < -0.39 is 120 Å². The van der Waals surface area contributed by atoms with E-state index in [9.17, 15) is 57.8 Å². The molecule has 26 nitrogen and oxygen atoms in total. The third-order valence-corrected chi connectivity index (χ3v) is 11.3. The molecule has 0 aromatic heterocycles. The van der Waals surface area contributed by atoms with Gasteiger partial charge in [-0.05, 0) is 71.1 Å². The number of aliphatic hydroxyl groups is 1. The zero-order chi connectivity index (χ0) is 53.1. The minimum absolute atomic E-state index is 0.0253. The maximum atomic E-state index is 14.2. The second-order valence-electron chi connectivity index (χ2n) is 17.3. The predicted molar refractivity (Wildman–Crippen MR) is 256 cm³/mol. The van der Waals surface area contributed by atoms with E-state index in [1.54, 1.807) is 27.7 Å². The zero-order valence-corrected chi connectivity index (χ0v) is 41.6. The van der Waals surface area contributed by atoms with E-state index in [0.717, 1.165) is 0 Å². The van der Waals surface area contributed by atoms with Crippen molar-refractivity contribution in [1.82, 2.24) is 52.8 Å². The molecule has 1 rings (SSSR count). The lowest BCUT2D eigenvalue weighted by Crippen LogP contribution is -2.62. The summed E-state index contributed by atoms with van der Waals surface area (Å²) in [7, 11) is 0. The van der Waals surface area contributed by atoms with E-state index in [1.807, 2.05) is 0 Å². The average Bonchev–Trinajstić information content (AvgIpc) is 3.78. The largest absolute Gasteiger partial charge is 0.391 e. The lowest BCUT2D eigenvalue weighted by molar-refractivity contribution is -0.142. The molecule has 0 radical (unpaired) electrons. The van der Waals surface area contributed by atoms with Crippen LogP contribution in [0.2, 0.25) is 0 Å². The van der Waals surface area contributed by atoms with Crippen LogP contribution < -0.4 is 65.1 Å². The van der Waals surface area contributed by atoms with Crippen LogP contribution in [0.4, 0.5) is 0 Å². The van der Waals surface area contributed by atoms with Gasteiger partial charge in [-0.2, -0.15) is 0 Å². The summed E-state index contributed by atoms with van der Waals surface area (Å²) < 4.78 is 0. The number of likely N-dealkylation sites (N-methyl/N-ethyl adjacent to an activating group) is 1. The molecule has 0 aromatic carbocycles. The van der Waals surface area contributed by atoms with Gasteiger partial charge in [-0.25, -0.2) is 0 Å². The molecule has 0 aliphatic carbocycles. The van der Waals surface area contributed by atoms with Gasteiger partial charge >= 0.3 is 0 Å². The van der Waals surface area contributed by atoms with Gasteiger partial charge < -0.3 is 75.1 Å². The van der Waals surface area contributed by atoms with E-state index in [0.29, 0.717) is 45.1 Å². The topological polar surface area (TPSA) is 410 Å². The van der Waals surface area contributed by atoms with Crippen molar-refractivity contribution >= 4 is 70.9 Å². The number of aliphatic imine (C=N–C) groups is 1. The summed E-state index contributed by atoms with van der Waals surface area (Å²) in [5.74, 6) is -8.71. The molecule has 0 unspecified atom stereocenters. The number of primary amides is 1. The van der Waals surface area contributed by atoms with Gasteiger partial charge in [-0.1, -0.05) is 33.6 Å². The summed E-state index contributed by atoms with van der Waals surface area (Å²) in [6.07, 6.45) is 0.481. The van der Waals surface area contributed by atoms with Crippen LogP contribution in [0.3, 0.4) is 0 Å². The Morgan fingerprint density at radius 3 is 1.77 bits per heavy atom. The Morgan fingerprint density at radius 2 is 1.21 bits per heavy atom. The van der Waals surface area contributed by atoms with E-state index in [2.05, 4.69) is 52.8 Å². The third kappa shape index (κ3) is 22.7. The number of hydrogen-bond donors (Lipinski definition) is 13. The van der Waals surface area contributed by atoms with Crippen molar-refractivity contribution in [2.45, 2.75) is 167 Å². The van der Waals surface area contributed by atoms with Gasteiger partial charge in [0.25, 0.3) is 0 Å². The number of aliphatic hydroxyl groups excluding tert-OH is 1. The van der Waals surface area contributed by atoms with Gasteiger partial charge in [-0.3, -0.25) is 57.7 Å². The Balaban J connectivity index is 3.44. The molecule has 0 bridgehead atoms. The molecule has 1 heterocycles. The fourth-order valence-electron chi connectivity index (χ4n) is 7.39. The molecular weight excluding hydrogens is 917 g/mol. The molecule has 1 aliphatic rings. The van der Waals surface area contributed by atoms with Gasteiger partial charge in [0.15, 0.2) is 5.96 Å². The second-order valence-corrected chi connectivity index (χ2v) is 17.3. The number of amides is 11. The highest BCUT2D eigenvalue weighted by molar-refractivity contribution is 5.99. The number of nitrogens with two attached hydrogens (primary N) is 3. The number of likely N-dealkylation sites (tertiary alicyclic amines) is 1. The number of unbranched alkanes of at least 4 members (excludes halogenated alkanes) is 1. The van der Waals surface area contributed by atoms with Crippen molar-refractivity contribution in [3.63, 3.8) is 0 Å². The summed E-state index contributed by atoms with van der Waals surface area (Å²) in [6, 6.07) is -9.17. The highest BCUT2D eigenvalue weighted by Crippen LogP contribution is 2.20. The SMILES string of the molecule is CCC[C@H](NC(=O)[C@@H](NC(=O)[C@H](NC(=O)[C@@H](CC(N)=O)NC(=O)CNC(C)=O)[C@@H](C)CC)[C@@H](C)O)C(=O)N[C@@H](CCCCNC(C)=O)C(=O)N[C@@H](CCCN=C(N)N)C(=O)N1CCC[C@H]1C(=O)NCC. The van der Waals surface area contributed by atoms with Gasteiger partial charge in [0.05, 0.1) is 19.1 Å². The first-order valence-electron chi connectivity index (χ1n) is 23.9. The smallest absolute Gasteiger partial charge is 0.245 e. The molecule has 16 N–H and O–H groups in total. The van der Waals surface area contributed by atoms with Crippen LogP contribution >= 0.6 is 0 Å². The molecule has 0 saturated carbocycles. The van der Waals surface area contributed by atoms with E-state index >= 15 is 0 Å². The molecular formula is C44H78N14O12. The number of rotatable bonds is 32. The number of nitrogens with one attached hydrogen (secondary N) is 9. The van der Waals surface area contributed by atoms with Gasteiger partial charge in [0.1, 0.15) is 42.3 Å². The van der Waals surface area contributed by atoms with E-state index in [1.165, 1.54) is 25.7 Å². The first-order valence-corrected chi connectivity index (χ1v) is 23.9. The van der Waals surface area contributed by atoms with Crippen molar-refractivity contribution in [1.29, 1.82) is 0 Å². The molecule has 9 atom stereocenters. The van der Waals surface area contributed by atoms with Crippen LogP contribution in [0, 0.1) is 5.92 Å². The van der Waals surface area contributed by atoms with Crippen LogP contribution in [0.15, 0.2) is 4.99 Å². The minimum Gasteiger partial charge on any atom is -0.391 e. The third-order valence-electron chi connectivity index (χ3n) is 11.3. The monoisotopic (exact) mass is 995 g/mol. The van der Waals surface area contributed by atoms with Gasteiger partial charge in [0.2, 0.25) is 65.0 Å². The number of hydrogen-bond acceptors (Lipinski definition) is 13. The summed E-state index contributed by atoms with van der Waals surface area (Å²) in [5, 5.41) is 33.7. The second kappa shape index (κ2) is 32.3. The first kappa shape index (κ1) is 61.4. The number of nitrogens with zero attached hydrogens (tertiary/aromatic N) is 2. The highest BCUT2D eigenvalue weighted by Gasteiger charge is 2.39. The Kier molecular flexibility index (Phi) is 28.3. The van der Waals surface area contributed by atoms with Crippen molar-refractivity contribution in [3.8, 4) is 0 Å². The Hall–Kier alpha value is -6.60. The van der Waals surface area contributed by atoms with Crippen molar-refractivity contribution in [3.05, 3.63) is 0 Å². The van der Waals surface area contributed by atoms with Crippen LogP contribution in [-0.2, 0) is 52.7 Å². The molecule has 0 aromatic rings. The van der Waals surface area contributed by atoms with Crippen molar-refractivity contribution in [2.24, 2.45) is 28.1 Å². The summed E-state index contributed by atoms with van der Waals surface area (Å²) in [6.45, 7) is 11.0. The normalized spacial score (nSPS) is 16.5. The quantitative estimate of drug-likeness (QED) is 0.0172. The minimum atomic E-state index is -1.70. The van der Waals surface area contributed by atoms with Crippen molar-refractivity contribution in [2.75, 3.05) is 32.7 Å². The van der Waals surface area contributed by atoms with Gasteiger partial charge in [0, 0.05) is 40.0 Å². The standard InChI is InChI=1S/C44H78N14O12/c1-8-15-28(54-42(69)36(25(5)59)57-41(68)35(24(4)9-2)56-39(66)31(22-33(45)62)52-34(63)23-51-27(7)61)37(64)53-29(16-11-12-19-49-26(6)60)38(65)55-30(17-13-20-50-44(46)47)43(70)58-21-14-18-32(58)40(67)48-10-3/h24-25,28-32,35-36,59H,8-23H2,1-7H3,(H2,45,62)(H,48,67)(H,49,60)(H,51,61)(H,52,63)(H,53,64)(H,54,69)(H,55,65)(H,56,66)(H,57,68)(H4,46,47,50)/t24-,25+,28-,29-,30-,31+,32-,35+,36-/m0/s1. The molecule has 70 heavy (non-hydrogen) atoms. The van der Waals surface area contributed by atoms with Crippen LogP contribution in [0.5, 0.6) is 0 Å². The fourth-order valence-corrected chi connectivity index (χ4v) is 7.39. The lowest BCUT2D eigenvalue weighted by atomic mass is 9.96. The van der Waals surface area contributed by atoms with Crippen LogP contribution in [-0.4, -0.2) is 162 Å². The molecule has 11 amide bonds. The van der Waals surface area contributed by atoms with Crippen LogP contribution in [0.25, 0.3) is 0 Å². The first-order chi connectivity index (χ1) is 33.0. The average molecular weight is 995 g/mol. The van der Waals surface area contributed by atoms with E-state index in [4.69, 9.17) is 17.2 Å². The Labute approximate surface area is 409 Å². The Bertz CT molecular complexity index is 1850. The summed E-state index contributed by atoms with van der Waals surface area (Å²) in [5.41, 5.74) is 16.3. The number of carbonyl (C=O) groups is 11. The van der Waals surface area contributed by atoms with E-state index in [-0.39, 0.29) is 63.1 Å². The lowest BCUT2D eigenvalue weighted by Gasteiger charge is -2.31. The van der Waals surface area contributed by atoms with Gasteiger partial charge in [-0.15, -0.1) is 0 Å². The molecule has 1 saturated heterocycles. The maximum Gasteiger partial charge on any atom is 0.245 e. The van der Waals surface area contributed by atoms with Crippen molar-refractivity contribution < 1.29 is 57.8 Å².